The second kappa shape index (κ2) is 12.4. The second-order valence-electron chi connectivity index (χ2n) is 8.26. The molecular weight excluding hydrogens is 430 g/mol. The lowest BCUT2D eigenvalue weighted by Crippen LogP contribution is -2.28. The number of aromatic hydroxyl groups is 1. The summed E-state index contributed by atoms with van der Waals surface area (Å²) >= 11 is 0. The topological polar surface area (TPSA) is 95.9 Å². The number of cyclic esters (lactones) is 1. The molecule has 3 rings (SSSR count). The molecule has 0 spiro atoms. The Morgan fingerprint density at radius 2 is 1.97 bits per heavy atom. The number of phenolic OH excluding ortho intramolecular Hbond substituents is 1. The number of ether oxygens (including phenoxy) is 1. The van der Waals surface area contributed by atoms with E-state index in [0.29, 0.717) is 18.4 Å². The van der Waals surface area contributed by atoms with E-state index in [9.17, 15) is 19.8 Å². The molecule has 1 heterocycles. The number of nitrogens with one attached hydrogen (secondary N) is 1. The molecule has 6 heteroatoms. The monoisotopic (exact) mass is 459 g/mol. The summed E-state index contributed by atoms with van der Waals surface area (Å²) in [6.45, 7) is 1.95. The lowest BCUT2D eigenvalue weighted by Gasteiger charge is -2.24. The molecule has 6 nitrogen and oxygen atoms in total. The second-order valence-corrected chi connectivity index (χ2v) is 8.26. The number of rotatable bonds is 3. The van der Waals surface area contributed by atoms with Crippen molar-refractivity contribution in [1.29, 1.82) is 0 Å². The molecule has 176 valence electrons. The Morgan fingerprint density at radius 3 is 2.76 bits per heavy atom. The average Bonchev–Trinajstić information content (AvgIpc) is 2.82. The van der Waals surface area contributed by atoms with E-state index in [2.05, 4.69) is 17.2 Å². The van der Waals surface area contributed by atoms with Crippen LogP contribution in [0.1, 0.15) is 47.7 Å². The molecule has 1 aliphatic heterocycles. The van der Waals surface area contributed by atoms with Gasteiger partial charge in [-0.15, -0.1) is 0 Å². The van der Waals surface area contributed by atoms with Gasteiger partial charge in [0.05, 0.1) is 6.10 Å². The Kier molecular flexibility index (Phi) is 9.07. The third kappa shape index (κ3) is 7.36. The van der Waals surface area contributed by atoms with Gasteiger partial charge in [-0.25, -0.2) is 4.79 Å². The van der Waals surface area contributed by atoms with Crippen LogP contribution in [-0.4, -0.2) is 34.3 Å². The van der Waals surface area contributed by atoms with Crippen molar-refractivity contribution in [1.82, 2.24) is 5.32 Å². The Labute approximate surface area is 200 Å². The number of amides is 1. The summed E-state index contributed by atoms with van der Waals surface area (Å²) < 4.78 is 5.69. The zero-order valence-electron chi connectivity index (χ0n) is 19.1. The number of carbonyl (C=O) groups excluding carboxylic acids is 2. The maximum absolute atomic E-state index is 12.9. The van der Waals surface area contributed by atoms with Crippen LogP contribution in [-0.2, 0) is 16.0 Å². The molecule has 0 saturated carbocycles. The maximum Gasteiger partial charge on any atom is 0.342 e. The van der Waals surface area contributed by atoms with Crippen LogP contribution in [0.5, 0.6) is 5.75 Å². The summed E-state index contributed by atoms with van der Waals surface area (Å²) in [5, 5.41) is 23.4. The summed E-state index contributed by atoms with van der Waals surface area (Å²) in [6.07, 6.45) is 7.39. The minimum absolute atomic E-state index is 0.0162. The van der Waals surface area contributed by atoms with E-state index in [1.165, 1.54) is 12.3 Å². The summed E-state index contributed by atoms with van der Waals surface area (Å²) in [7, 11) is 0. The Hall–Kier alpha value is -3.82. The molecule has 0 aliphatic carbocycles. The van der Waals surface area contributed by atoms with Crippen LogP contribution in [0.2, 0.25) is 0 Å². The van der Waals surface area contributed by atoms with Crippen LogP contribution in [0, 0.1) is 17.8 Å². The first-order chi connectivity index (χ1) is 16.4. The van der Waals surface area contributed by atoms with Crippen molar-refractivity contribution in [2.24, 2.45) is 5.92 Å². The molecule has 1 amide bonds. The first-order valence-electron chi connectivity index (χ1n) is 11.3. The van der Waals surface area contributed by atoms with E-state index in [1.807, 2.05) is 49.4 Å². The molecular formula is C28H29NO5. The fraction of sp³-hybridized carbons (Fsp3) is 0.286. The van der Waals surface area contributed by atoms with Gasteiger partial charge in [-0.05, 0) is 42.5 Å². The highest BCUT2D eigenvalue weighted by atomic mass is 16.5. The van der Waals surface area contributed by atoms with Crippen LogP contribution >= 0.6 is 0 Å². The van der Waals surface area contributed by atoms with Crippen molar-refractivity contribution in [3.05, 3.63) is 89.6 Å². The number of fused-ring (bicyclic) bond motifs is 1. The van der Waals surface area contributed by atoms with E-state index in [-0.39, 0.29) is 30.1 Å². The number of allylic oxidation sites excluding steroid dienone is 2. The quantitative estimate of drug-likeness (QED) is 0.368. The molecule has 0 radical (unpaired) electrons. The Morgan fingerprint density at radius 1 is 1.18 bits per heavy atom. The largest absolute Gasteiger partial charge is 0.507 e. The fourth-order valence-electron chi connectivity index (χ4n) is 3.62. The smallest absolute Gasteiger partial charge is 0.342 e. The van der Waals surface area contributed by atoms with Crippen molar-refractivity contribution in [3.8, 4) is 17.6 Å². The molecule has 2 aromatic rings. The van der Waals surface area contributed by atoms with Crippen LogP contribution in [0.3, 0.4) is 0 Å². The van der Waals surface area contributed by atoms with Gasteiger partial charge < -0.3 is 20.3 Å². The summed E-state index contributed by atoms with van der Waals surface area (Å²) in [5.74, 6) is 4.03. The first-order valence-corrected chi connectivity index (χ1v) is 11.3. The molecule has 3 atom stereocenters. The minimum atomic E-state index is -0.676. The maximum atomic E-state index is 12.9. The first kappa shape index (κ1) is 24.8. The van der Waals surface area contributed by atoms with Gasteiger partial charge in [0.2, 0.25) is 0 Å². The number of aliphatic hydroxyl groups is 1. The van der Waals surface area contributed by atoms with Gasteiger partial charge in [0, 0.05) is 30.5 Å². The minimum Gasteiger partial charge on any atom is -0.507 e. The fourth-order valence-corrected chi connectivity index (χ4v) is 3.62. The molecule has 0 bridgehead atoms. The van der Waals surface area contributed by atoms with Gasteiger partial charge >= 0.3 is 5.97 Å². The number of phenols is 1. The highest BCUT2D eigenvalue weighted by molar-refractivity contribution is 5.95. The van der Waals surface area contributed by atoms with Crippen molar-refractivity contribution in [3.63, 3.8) is 0 Å². The Balaban J connectivity index is 1.68. The van der Waals surface area contributed by atoms with Crippen molar-refractivity contribution < 1.29 is 24.5 Å². The van der Waals surface area contributed by atoms with Crippen LogP contribution < -0.4 is 5.32 Å². The SMILES string of the molecule is CC1CC=CCc2cccc(O)c2C(=O)OC(CC=CNC(=O)C#Cc2ccccc2)CC1O. The molecule has 2 aromatic carbocycles. The van der Waals surface area contributed by atoms with E-state index < -0.39 is 24.1 Å². The average molecular weight is 460 g/mol. The van der Waals surface area contributed by atoms with Gasteiger partial charge in [0.25, 0.3) is 5.91 Å². The highest BCUT2D eigenvalue weighted by Crippen LogP contribution is 2.26. The predicted octanol–water partition coefficient (Wildman–Crippen LogP) is 3.88. The van der Waals surface area contributed by atoms with Crippen molar-refractivity contribution in [2.75, 3.05) is 0 Å². The number of benzene rings is 2. The summed E-state index contributed by atoms with van der Waals surface area (Å²) in [6, 6.07) is 14.1. The highest BCUT2D eigenvalue weighted by Gasteiger charge is 2.25. The van der Waals surface area contributed by atoms with Gasteiger partial charge in [-0.1, -0.05) is 61.4 Å². The van der Waals surface area contributed by atoms with Crippen LogP contribution in [0.4, 0.5) is 0 Å². The van der Waals surface area contributed by atoms with Crippen LogP contribution in [0.15, 0.2) is 73.0 Å². The summed E-state index contributed by atoms with van der Waals surface area (Å²) in [5.41, 5.74) is 1.55. The number of carbonyl (C=O) groups is 2. The zero-order valence-corrected chi connectivity index (χ0v) is 19.1. The normalized spacial score (nSPS) is 20.8. The van der Waals surface area contributed by atoms with E-state index in [4.69, 9.17) is 4.74 Å². The summed E-state index contributed by atoms with van der Waals surface area (Å²) in [4.78, 5) is 24.9. The van der Waals surface area contributed by atoms with Gasteiger partial charge in [-0.3, -0.25) is 4.79 Å². The van der Waals surface area contributed by atoms with Gasteiger partial charge in [-0.2, -0.15) is 0 Å². The van der Waals surface area contributed by atoms with E-state index in [1.54, 1.807) is 18.2 Å². The lowest BCUT2D eigenvalue weighted by atomic mass is 9.93. The molecule has 0 aromatic heterocycles. The standard InChI is InChI=1S/C28H29NO5/c1-20-9-5-6-12-22-13-7-15-24(30)27(22)28(33)34-23(19-25(20)31)14-8-18-29-26(32)17-16-21-10-3-2-4-11-21/h2-8,10-11,13,15,18,20,23,25,30-31H,9,12,14,19H2,1H3,(H,29,32). The van der Waals surface area contributed by atoms with Gasteiger partial charge in [0.15, 0.2) is 0 Å². The molecule has 3 N–H and O–H groups in total. The number of aliphatic hydroxyl groups excluding tert-OH is 1. The lowest BCUT2D eigenvalue weighted by molar-refractivity contribution is -0.114. The third-order valence-electron chi connectivity index (χ3n) is 5.61. The molecule has 0 saturated heterocycles. The van der Waals surface area contributed by atoms with Crippen molar-refractivity contribution >= 4 is 11.9 Å². The number of esters is 1. The third-order valence-corrected chi connectivity index (χ3v) is 5.61. The van der Waals surface area contributed by atoms with E-state index in [0.717, 1.165) is 5.56 Å². The van der Waals surface area contributed by atoms with E-state index >= 15 is 0 Å². The molecule has 1 aliphatic rings. The molecule has 0 fully saturated rings. The molecule has 34 heavy (non-hydrogen) atoms. The predicted molar refractivity (Wildman–Crippen MR) is 130 cm³/mol. The van der Waals surface area contributed by atoms with Crippen molar-refractivity contribution in [2.45, 2.75) is 44.8 Å². The number of hydrogen-bond donors (Lipinski definition) is 3. The van der Waals surface area contributed by atoms with Crippen LogP contribution in [0.25, 0.3) is 0 Å². The van der Waals surface area contributed by atoms with Gasteiger partial charge in [0.1, 0.15) is 17.4 Å². The Bertz CT molecular complexity index is 1110. The molecule has 3 unspecified atom stereocenters. The zero-order chi connectivity index (χ0) is 24.3. The number of hydrogen-bond acceptors (Lipinski definition) is 5.